The maximum atomic E-state index is 13.1. The third-order valence-corrected chi connectivity index (χ3v) is 7.64. The molecule has 3 N–H and O–H groups in total. The average Bonchev–Trinajstić information content (AvgIpc) is 3.38. The van der Waals surface area contributed by atoms with Gasteiger partial charge in [-0.15, -0.1) is 11.3 Å². The maximum absolute atomic E-state index is 13.1. The minimum Gasteiger partial charge on any atom is -0.495 e. The molecule has 0 bridgehead atoms. The number of nitrogens with one attached hydrogen (secondary N) is 3. The van der Waals surface area contributed by atoms with E-state index in [2.05, 4.69) is 20.3 Å². The fraction of sp³-hybridized carbons (Fsp3) is 0.154. The lowest BCUT2D eigenvalue weighted by Gasteiger charge is -2.14. The first-order valence-corrected chi connectivity index (χ1v) is 13.7. The van der Waals surface area contributed by atoms with Crippen molar-refractivity contribution in [2.24, 2.45) is 0 Å². The number of nitrogens with zero attached hydrogens (tertiary/aromatic N) is 1. The summed E-state index contributed by atoms with van der Waals surface area (Å²) in [6.45, 7) is 1.36. The van der Waals surface area contributed by atoms with Gasteiger partial charge in [0.25, 0.3) is 15.9 Å². The summed E-state index contributed by atoms with van der Waals surface area (Å²) in [5.74, 6) is -0.0685. The van der Waals surface area contributed by atoms with Crippen molar-refractivity contribution in [1.82, 2.24) is 4.98 Å². The molecule has 0 atom stereocenters. The van der Waals surface area contributed by atoms with Crippen molar-refractivity contribution in [1.29, 1.82) is 0 Å². The number of sulfonamides is 1. The van der Waals surface area contributed by atoms with Gasteiger partial charge in [0.2, 0.25) is 0 Å². The van der Waals surface area contributed by atoms with Crippen LogP contribution in [-0.2, 0) is 14.8 Å². The highest BCUT2D eigenvalue weighted by molar-refractivity contribution is 7.92. The van der Waals surface area contributed by atoms with Gasteiger partial charge in [-0.25, -0.2) is 17.8 Å². The predicted molar refractivity (Wildman–Crippen MR) is 146 cm³/mol. The second kappa shape index (κ2) is 11.5. The van der Waals surface area contributed by atoms with E-state index in [0.717, 1.165) is 28.5 Å². The Morgan fingerprint density at radius 2 is 1.79 bits per heavy atom. The van der Waals surface area contributed by atoms with Gasteiger partial charge in [0.15, 0.2) is 11.7 Å². The van der Waals surface area contributed by atoms with Crippen LogP contribution in [0.3, 0.4) is 0 Å². The monoisotopic (exact) mass is 556 g/mol. The number of methoxy groups -OCH3 is 1. The van der Waals surface area contributed by atoms with Crippen molar-refractivity contribution in [3.8, 4) is 22.8 Å². The molecule has 1 heterocycles. The number of ether oxygens (including phenoxy) is 2. The highest BCUT2D eigenvalue weighted by Gasteiger charge is 2.17. The normalized spacial score (nSPS) is 11.1. The second-order valence-electron chi connectivity index (χ2n) is 8.08. The Morgan fingerprint density at radius 1 is 1.05 bits per heavy atom. The molecule has 4 aromatic rings. The molecule has 9 nitrogen and oxygen atoms in total. The molecule has 4 rings (SSSR count). The van der Waals surface area contributed by atoms with Gasteiger partial charge in [-0.05, 0) is 73.2 Å². The van der Waals surface area contributed by atoms with Crippen molar-refractivity contribution >= 4 is 43.8 Å². The van der Waals surface area contributed by atoms with E-state index in [0.29, 0.717) is 22.7 Å². The number of aromatic nitrogens is 1. The van der Waals surface area contributed by atoms with Crippen LogP contribution in [0.25, 0.3) is 11.3 Å². The number of aryl methyl sites for hydroxylation is 1. The Kier molecular flexibility index (Phi) is 8.13. The molecule has 12 heteroatoms. The number of thiazole rings is 1. The van der Waals surface area contributed by atoms with Crippen LogP contribution < -0.4 is 24.8 Å². The molecule has 1 aromatic heterocycles. The number of amides is 1. The summed E-state index contributed by atoms with van der Waals surface area (Å²) in [6.07, 6.45) is 0. The third-order valence-electron chi connectivity index (χ3n) is 5.40. The topological polar surface area (TPSA) is 119 Å². The summed E-state index contributed by atoms with van der Waals surface area (Å²) in [7, 11) is -0.602. The molecule has 0 aliphatic heterocycles. The molecular weight excluding hydrogens is 531 g/mol. The molecule has 0 radical (unpaired) electrons. The van der Waals surface area contributed by atoms with Crippen LogP contribution in [0.1, 0.15) is 5.56 Å². The van der Waals surface area contributed by atoms with Gasteiger partial charge >= 0.3 is 0 Å². The van der Waals surface area contributed by atoms with Gasteiger partial charge in [-0.2, -0.15) is 0 Å². The van der Waals surface area contributed by atoms with E-state index >= 15 is 0 Å². The lowest BCUT2D eigenvalue weighted by molar-refractivity contribution is -0.118. The Labute approximate surface area is 223 Å². The third kappa shape index (κ3) is 6.39. The van der Waals surface area contributed by atoms with Crippen LogP contribution in [0.4, 0.5) is 20.9 Å². The molecule has 198 valence electrons. The Morgan fingerprint density at radius 3 is 2.45 bits per heavy atom. The van der Waals surface area contributed by atoms with Crippen molar-refractivity contribution in [3.63, 3.8) is 0 Å². The van der Waals surface area contributed by atoms with E-state index in [9.17, 15) is 17.6 Å². The van der Waals surface area contributed by atoms with E-state index in [1.54, 1.807) is 26.1 Å². The Hall–Kier alpha value is -4.16. The molecule has 0 saturated carbocycles. The molecule has 0 spiro atoms. The van der Waals surface area contributed by atoms with Crippen LogP contribution in [0.15, 0.2) is 70.9 Å². The van der Waals surface area contributed by atoms with Crippen molar-refractivity contribution < 1.29 is 27.1 Å². The van der Waals surface area contributed by atoms with E-state index in [-0.39, 0.29) is 17.2 Å². The zero-order chi connectivity index (χ0) is 27.3. The first-order chi connectivity index (χ1) is 18.2. The second-order valence-corrected chi connectivity index (χ2v) is 10.6. The molecule has 0 aliphatic rings. The highest BCUT2D eigenvalue weighted by atomic mass is 32.2. The quantitative estimate of drug-likeness (QED) is 0.248. The lowest BCUT2D eigenvalue weighted by Crippen LogP contribution is -2.21. The average molecular weight is 557 g/mol. The minimum atomic E-state index is -3.90. The number of carbonyl (C=O) groups is 1. The smallest absolute Gasteiger partial charge is 0.262 e. The molecule has 0 unspecified atom stereocenters. The van der Waals surface area contributed by atoms with Gasteiger partial charge < -0.3 is 20.1 Å². The van der Waals surface area contributed by atoms with E-state index < -0.39 is 21.7 Å². The summed E-state index contributed by atoms with van der Waals surface area (Å²) >= 11 is 1.47. The van der Waals surface area contributed by atoms with Gasteiger partial charge in [0, 0.05) is 23.7 Å². The lowest BCUT2D eigenvalue weighted by atomic mass is 10.1. The fourth-order valence-corrected chi connectivity index (χ4v) is 5.32. The van der Waals surface area contributed by atoms with Crippen LogP contribution in [0.2, 0.25) is 0 Å². The molecule has 0 fully saturated rings. The number of hydrogen-bond acceptors (Lipinski definition) is 8. The predicted octanol–water partition coefficient (Wildman–Crippen LogP) is 5.13. The summed E-state index contributed by atoms with van der Waals surface area (Å²) in [5.41, 5.74) is 2.78. The molecule has 0 saturated heterocycles. The molecule has 1 amide bonds. The van der Waals surface area contributed by atoms with Crippen LogP contribution in [-0.4, -0.2) is 40.1 Å². The number of benzene rings is 3. The van der Waals surface area contributed by atoms with Crippen LogP contribution in [0.5, 0.6) is 11.5 Å². The first kappa shape index (κ1) is 26.9. The Bertz CT molecular complexity index is 1560. The van der Waals surface area contributed by atoms with Crippen molar-refractivity contribution in [3.05, 3.63) is 77.4 Å². The zero-order valence-electron chi connectivity index (χ0n) is 20.7. The van der Waals surface area contributed by atoms with Gasteiger partial charge in [-0.3, -0.25) is 9.52 Å². The first-order valence-electron chi connectivity index (χ1n) is 11.3. The number of hydrogen-bond donors (Lipinski definition) is 3. The van der Waals surface area contributed by atoms with E-state index in [1.807, 2.05) is 11.4 Å². The van der Waals surface area contributed by atoms with Crippen molar-refractivity contribution in [2.45, 2.75) is 11.8 Å². The summed E-state index contributed by atoms with van der Waals surface area (Å²) < 4.78 is 51.9. The maximum Gasteiger partial charge on any atom is 0.262 e. The standard InChI is InChI=1S/C26H25FN4O5S2/c1-16-12-20(38(33,34)31-19-7-5-18(27)6-8-19)9-11-23(16)36-14-25(32)29-21-13-17(4-10-24(21)35-3)22-15-37-26(28-2)30-22/h4-13,15,31H,14H2,1-3H3,(H,28,30)(H,29,32). The zero-order valence-corrected chi connectivity index (χ0v) is 22.4. The fourth-order valence-electron chi connectivity index (χ4n) is 3.50. The highest BCUT2D eigenvalue weighted by Crippen LogP contribution is 2.32. The van der Waals surface area contributed by atoms with Gasteiger partial charge in [0.05, 0.1) is 23.4 Å². The number of halogens is 1. The summed E-state index contributed by atoms with van der Waals surface area (Å²) in [4.78, 5) is 17.1. The summed E-state index contributed by atoms with van der Waals surface area (Å²) in [6, 6.07) is 14.6. The van der Waals surface area contributed by atoms with Gasteiger partial charge in [-0.1, -0.05) is 0 Å². The van der Waals surface area contributed by atoms with E-state index in [4.69, 9.17) is 9.47 Å². The number of carbonyl (C=O) groups excluding carboxylic acids is 1. The van der Waals surface area contributed by atoms with Gasteiger partial charge in [0.1, 0.15) is 17.3 Å². The van der Waals surface area contributed by atoms with Crippen LogP contribution >= 0.6 is 11.3 Å². The van der Waals surface area contributed by atoms with Crippen molar-refractivity contribution in [2.75, 3.05) is 36.1 Å². The molecule has 0 aliphatic carbocycles. The molecule has 38 heavy (non-hydrogen) atoms. The largest absolute Gasteiger partial charge is 0.495 e. The Balaban J connectivity index is 1.42. The number of rotatable bonds is 10. The van der Waals surface area contributed by atoms with E-state index in [1.165, 1.54) is 48.8 Å². The van der Waals surface area contributed by atoms with Crippen LogP contribution in [0, 0.1) is 12.7 Å². The minimum absolute atomic E-state index is 0.00106. The summed E-state index contributed by atoms with van der Waals surface area (Å²) in [5, 5.41) is 8.46. The molecule has 3 aromatic carbocycles. The SMILES string of the molecule is CNc1nc(-c2ccc(OC)c(NC(=O)COc3ccc(S(=O)(=O)Nc4ccc(F)cc4)cc3C)c2)cs1. The molecular formula is C26H25FN4O5S2. The number of anilines is 3.